The third-order valence-electron chi connectivity index (χ3n) is 3.49. The Morgan fingerprint density at radius 2 is 1.83 bits per heavy atom. The third kappa shape index (κ3) is 4.19. The summed E-state index contributed by atoms with van der Waals surface area (Å²) in [5.74, 6) is 1.32. The summed E-state index contributed by atoms with van der Waals surface area (Å²) in [6, 6.07) is 13.9. The fourth-order valence-corrected chi connectivity index (χ4v) is 2.18. The van der Waals surface area contributed by atoms with Crippen LogP contribution in [-0.2, 0) is 6.54 Å². The first-order chi connectivity index (χ1) is 11.7. The predicted molar refractivity (Wildman–Crippen MR) is 97.6 cm³/mol. The lowest BCUT2D eigenvalue weighted by molar-refractivity contribution is 1.07. The highest BCUT2D eigenvalue weighted by atomic mass is 15.1. The van der Waals surface area contributed by atoms with Crippen LogP contribution in [0.3, 0.4) is 0 Å². The van der Waals surface area contributed by atoms with E-state index in [1.54, 1.807) is 12.4 Å². The van der Waals surface area contributed by atoms with Gasteiger partial charge in [-0.1, -0.05) is 6.07 Å². The Bertz CT molecular complexity index is 771. The molecular formula is C18H20N6. The molecule has 0 saturated heterocycles. The fourth-order valence-electron chi connectivity index (χ4n) is 2.18. The minimum Gasteiger partial charge on any atom is -0.378 e. The van der Waals surface area contributed by atoms with Gasteiger partial charge in [-0.15, -0.1) is 0 Å². The van der Waals surface area contributed by atoms with Gasteiger partial charge < -0.3 is 15.5 Å². The zero-order valence-corrected chi connectivity index (χ0v) is 13.8. The van der Waals surface area contributed by atoms with Gasteiger partial charge in [0.05, 0.1) is 0 Å². The first kappa shape index (κ1) is 15.7. The van der Waals surface area contributed by atoms with E-state index in [0.29, 0.717) is 12.5 Å². The van der Waals surface area contributed by atoms with E-state index in [2.05, 4.69) is 30.5 Å². The molecular weight excluding hydrogens is 300 g/mol. The number of aromatic nitrogens is 3. The molecule has 0 spiro atoms. The lowest BCUT2D eigenvalue weighted by Crippen LogP contribution is -2.08. The van der Waals surface area contributed by atoms with Crippen LogP contribution in [-0.4, -0.2) is 29.0 Å². The molecule has 0 aliphatic heterocycles. The van der Waals surface area contributed by atoms with Gasteiger partial charge in [0.25, 0.3) is 0 Å². The van der Waals surface area contributed by atoms with E-state index in [4.69, 9.17) is 0 Å². The molecule has 0 saturated carbocycles. The largest absolute Gasteiger partial charge is 0.378 e. The summed E-state index contributed by atoms with van der Waals surface area (Å²) in [6.45, 7) is 0.668. The number of benzene rings is 1. The predicted octanol–water partition coefficient (Wildman–Crippen LogP) is 3.29. The molecule has 0 radical (unpaired) electrons. The fraction of sp³-hybridized carbons (Fsp3) is 0.167. The highest BCUT2D eigenvalue weighted by Crippen LogP contribution is 2.18. The summed E-state index contributed by atoms with van der Waals surface area (Å²) in [4.78, 5) is 14.9. The minimum absolute atomic E-state index is 0.559. The van der Waals surface area contributed by atoms with Crippen LogP contribution in [0.4, 0.5) is 23.1 Å². The summed E-state index contributed by atoms with van der Waals surface area (Å²) >= 11 is 0. The van der Waals surface area contributed by atoms with Gasteiger partial charge in [0.1, 0.15) is 5.82 Å². The summed E-state index contributed by atoms with van der Waals surface area (Å²) in [6.07, 6.45) is 5.33. The van der Waals surface area contributed by atoms with Crippen molar-refractivity contribution in [3.8, 4) is 0 Å². The van der Waals surface area contributed by atoms with Crippen molar-refractivity contribution in [3.63, 3.8) is 0 Å². The van der Waals surface area contributed by atoms with Gasteiger partial charge in [0.15, 0.2) is 0 Å². The van der Waals surface area contributed by atoms with E-state index in [1.807, 2.05) is 62.8 Å². The lowest BCUT2D eigenvalue weighted by Gasteiger charge is -2.13. The zero-order valence-electron chi connectivity index (χ0n) is 13.8. The summed E-state index contributed by atoms with van der Waals surface area (Å²) < 4.78 is 0. The standard InChI is InChI=1S/C18H20N6/c1-24(2)16-7-5-15(6-8-16)22-18-20-11-9-17(23-18)21-13-14-4-3-10-19-12-14/h3-12H,13H2,1-2H3,(H2,20,21,22,23). The molecule has 2 heterocycles. The van der Waals surface area contributed by atoms with Crippen molar-refractivity contribution in [3.05, 3.63) is 66.6 Å². The molecule has 0 unspecified atom stereocenters. The minimum atomic E-state index is 0.559. The third-order valence-corrected chi connectivity index (χ3v) is 3.49. The first-order valence-corrected chi connectivity index (χ1v) is 7.71. The molecule has 122 valence electrons. The maximum atomic E-state index is 4.48. The molecule has 6 heteroatoms. The van der Waals surface area contributed by atoms with E-state index in [0.717, 1.165) is 22.8 Å². The smallest absolute Gasteiger partial charge is 0.229 e. The summed E-state index contributed by atoms with van der Waals surface area (Å²) in [7, 11) is 4.03. The van der Waals surface area contributed by atoms with Crippen molar-refractivity contribution in [2.75, 3.05) is 29.6 Å². The van der Waals surface area contributed by atoms with Crippen molar-refractivity contribution in [2.24, 2.45) is 0 Å². The molecule has 6 nitrogen and oxygen atoms in total. The molecule has 2 N–H and O–H groups in total. The number of rotatable bonds is 6. The van der Waals surface area contributed by atoms with Crippen molar-refractivity contribution in [1.29, 1.82) is 0 Å². The van der Waals surface area contributed by atoms with Crippen LogP contribution in [0.2, 0.25) is 0 Å². The lowest BCUT2D eigenvalue weighted by atomic mass is 10.2. The van der Waals surface area contributed by atoms with Gasteiger partial charge in [0.2, 0.25) is 5.95 Å². The van der Waals surface area contributed by atoms with E-state index >= 15 is 0 Å². The van der Waals surface area contributed by atoms with Crippen LogP contribution in [0.5, 0.6) is 0 Å². The van der Waals surface area contributed by atoms with E-state index < -0.39 is 0 Å². The maximum absolute atomic E-state index is 4.48. The van der Waals surface area contributed by atoms with Crippen LogP contribution in [0, 0.1) is 0 Å². The van der Waals surface area contributed by atoms with Gasteiger partial charge in [-0.05, 0) is 42.0 Å². The van der Waals surface area contributed by atoms with Crippen LogP contribution < -0.4 is 15.5 Å². The number of hydrogen-bond acceptors (Lipinski definition) is 6. The number of hydrogen-bond donors (Lipinski definition) is 2. The van der Waals surface area contributed by atoms with Gasteiger partial charge >= 0.3 is 0 Å². The molecule has 2 aromatic heterocycles. The molecule has 24 heavy (non-hydrogen) atoms. The summed E-state index contributed by atoms with van der Waals surface area (Å²) in [5, 5.41) is 6.49. The van der Waals surface area contributed by atoms with Crippen molar-refractivity contribution in [1.82, 2.24) is 15.0 Å². The average molecular weight is 320 g/mol. The van der Waals surface area contributed by atoms with Crippen LogP contribution in [0.1, 0.15) is 5.56 Å². The van der Waals surface area contributed by atoms with Crippen LogP contribution in [0.15, 0.2) is 61.1 Å². The quantitative estimate of drug-likeness (QED) is 0.726. The molecule has 3 aromatic rings. The van der Waals surface area contributed by atoms with E-state index in [1.165, 1.54) is 0 Å². The van der Waals surface area contributed by atoms with Crippen molar-refractivity contribution >= 4 is 23.1 Å². The molecule has 1 aromatic carbocycles. The molecule has 0 aliphatic rings. The van der Waals surface area contributed by atoms with Gasteiger partial charge in [-0.3, -0.25) is 4.98 Å². The van der Waals surface area contributed by atoms with E-state index in [9.17, 15) is 0 Å². The highest BCUT2D eigenvalue weighted by molar-refractivity contribution is 5.59. The topological polar surface area (TPSA) is 66.0 Å². The Balaban J connectivity index is 1.64. The Morgan fingerprint density at radius 1 is 1.00 bits per heavy atom. The second-order valence-electron chi connectivity index (χ2n) is 5.55. The number of nitrogens with zero attached hydrogens (tertiary/aromatic N) is 4. The van der Waals surface area contributed by atoms with Gasteiger partial charge in [-0.25, -0.2) is 4.98 Å². The molecule has 0 fully saturated rings. The zero-order chi connectivity index (χ0) is 16.8. The molecule has 0 atom stereocenters. The van der Waals surface area contributed by atoms with Crippen LogP contribution >= 0.6 is 0 Å². The Kier molecular flexibility index (Phi) is 4.86. The molecule has 0 amide bonds. The number of pyridine rings is 1. The second kappa shape index (κ2) is 7.41. The van der Waals surface area contributed by atoms with Crippen molar-refractivity contribution in [2.45, 2.75) is 6.54 Å². The Morgan fingerprint density at radius 3 is 2.54 bits per heavy atom. The Hall–Kier alpha value is -3.15. The van der Waals surface area contributed by atoms with Gasteiger partial charge in [0, 0.05) is 50.6 Å². The first-order valence-electron chi connectivity index (χ1n) is 7.71. The molecule has 0 aliphatic carbocycles. The second-order valence-corrected chi connectivity index (χ2v) is 5.55. The SMILES string of the molecule is CN(C)c1ccc(Nc2nccc(NCc3cccnc3)n2)cc1. The van der Waals surface area contributed by atoms with Crippen LogP contribution in [0.25, 0.3) is 0 Å². The monoisotopic (exact) mass is 320 g/mol. The number of anilines is 4. The van der Waals surface area contributed by atoms with Crippen molar-refractivity contribution < 1.29 is 0 Å². The van der Waals surface area contributed by atoms with Gasteiger partial charge in [-0.2, -0.15) is 4.98 Å². The highest BCUT2D eigenvalue weighted by Gasteiger charge is 2.01. The average Bonchev–Trinajstić information content (AvgIpc) is 2.62. The summed E-state index contributed by atoms with van der Waals surface area (Å²) in [5.41, 5.74) is 3.20. The molecule has 3 rings (SSSR count). The normalized spacial score (nSPS) is 10.2. The Labute approximate surface area is 141 Å². The number of nitrogens with one attached hydrogen (secondary N) is 2. The van der Waals surface area contributed by atoms with E-state index in [-0.39, 0.29) is 0 Å². The maximum Gasteiger partial charge on any atom is 0.229 e. The molecule has 0 bridgehead atoms.